The molecular formula is C9H18N2O2. The minimum Gasteiger partial charge on any atom is -0.466 e. The van der Waals surface area contributed by atoms with Gasteiger partial charge in [-0.3, -0.25) is 4.79 Å². The highest BCUT2D eigenvalue weighted by Gasteiger charge is 2.30. The van der Waals surface area contributed by atoms with Gasteiger partial charge in [0.1, 0.15) is 0 Å². The second kappa shape index (κ2) is 4.58. The van der Waals surface area contributed by atoms with Crippen LogP contribution in [0.3, 0.4) is 0 Å². The molecule has 0 spiro atoms. The topological polar surface area (TPSA) is 64.3 Å². The molecule has 0 saturated carbocycles. The molecule has 3 N–H and O–H groups in total. The number of carbonyl (C=O) groups excluding carboxylic acids is 1. The first-order valence-electron chi connectivity index (χ1n) is 4.81. The lowest BCUT2D eigenvalue weighted by atomic mass is 9.86. The van der Waals surface area contributed by atoms with Crippen molar-refractivity contribution in [1.29, 1.82) is 0 Å². The fraction of sp³-hybridized carbons (Fsp3) is 0.889. The molecule has 0 aromatic carbocycles. The minimum absolute atomic E-state index is 0.174. The summed E-state index contributed by atoms with van der Waals surface area (Å²) in [6.07, 6.45) is 2.06. The van der Waals surface area contributed by atoms with Gasteiger partial charge in [-0.05, 0) is 32.9 Å². The van der Waals surface area contributed by atoms with Gasteiger partial charge in [-0.25, -0.2) is 0 Å². The number of piperidine rings is 1. The van der Waals surface area contributed by atoms with Crippen LogP contribution < -0.4 is 11.1 Å². The average molecular weight is 186 g/mol. The molecule has 1 rings (SSSR count). The Morgan fingerprint density at radius 2 is 2.15 bits per heavy atom. The van der Waals surface area contributed by atoms with Crippen molar-refractivity contribution in [2.75, 3.05) is 19.7 Å². The summed E-state index contributed by atoms with van der Waals surface area (Å²) in [5.41, 5.74) is 5.71. The lowest BCUT2D eigenvalue weighted by Crippen LogP contribution is -2.50. The maximum atomic E-state index is 11.2. The van der Waals surface area contributed by atoms with E-state index >= 15 is 0 Å². The normalized spacial score (nSPS) is 21.1. The third-order valence-corrected chi connectivity index (χ3v) is 2.40. The van der Waals surface area contributed by atoms with Gasteiger partial charge >= 0.3 is 5.97 Å². The van der Waals surface area contributed by atoms with Gasteiger partial charge in [-0.2, -0.15) is 0 Å². The highest BCUT2D eigenvalue weighted by atomic mass is 16.5. The Labute approximate surface area is 78.8 Å². The molecule has 1 aliphatic heterocycles. The summed E-state index contributed by atoms with van der Waals surface area (Å²) >= 11 is 0. The monoisotopic (exact) mass is 186 g/mol. The summed E-state index contributed by atoms with van der Waals surface area (Å²) in [7, 11) is 0. The summed E-state index contributed by atoms with van der Waals surface area (Å²) in [5.74, 6) is -0.174. The van der Waals surface area contributed by atoms with Crippen LogP contribution in [0.5, 0.6) is 0 Å². The Morgan fingerprint density at radius 1 is 1.54 bits per heavy atom. The van der Waals surface area contributed by atoms with Gasteiger partial charge in [0.15, 0.2) is 0 Å². The molecule has 0 unspecified atom stereocenters. The zero-order valence-corrected chi connectivity index (χ0v) is 8.14. The van der Waals surface area contributed by atoms with Crippen LogP contribution in [-0.2, 0) is 9.53 Å². The van der Waals surface area contributed by atoms with Crippen LogP contribution in [0.4, 0.5) is 0 Å². The molecule has 76 valence electrons. The molecule has 0 aromatic rings. The summed E-state index contributed by atoms with van der Waals surface area (Å²) in [4.78, 5) is 11.2. The second-order valence-electron chi connectivity index (χ2n) is 3.59. The van der Waals surface area contributed by atoms with E-state index in [9.17, 15) is 4.79 Å². The van der Waals surface area contributed by atoms with E-state index in [1.165, 1.54) is 0 Å². The average Bonchev–Trinajstić information content (AvgIpc) is 2.04. The van der Waals surface area contributed by atoms with E-state index in [-0.39, 0.29) is 11.5 Å². The largest absolute Gasteiger partial charge is 0.466 e. The van der Waals surface area contributed by atoms with E-state index in [0.29, 0.717) is 13.0 Å². The third kappa shape index (κ3) is 3.32. The molecule has 0 amide bonds. The highest BCUT2D eigenvalue weighted by Crippen LogP contribution is 2.19. The van der Waals surface area contributed by atoms with Crippen molar-refractivity contribution in [1.82, 2.24) is 5.32 Å². The van der Waals surface area contributed by atoms with Crippen LogP contribution >= 0.6 is 0 Å². The molecule has 4 nitrogen and oxygen atoms in total. The number of nitrogens with two attached hydrogens (primary N) is 1. The van der Waals surface area contributed by atoms with Crippen LogP contribution in [0.2, 0.25) is 0 Å². The maximum absolute atomic E-state index is 11.2. The number of esters is 1. The van der Waals surface area contributed by atoms with Gasteiger partial charge in [0.05, 0.1) is 13.0 Å². The Bertz CT molecular complexity index is 176. The maximum Gasteiger partial charge on any atom is 0.307 e. The Morgan fingerprint density at radius 3 is 2.69 bits per heavy atom. The predicted molar refractivity (Wildman–Crippen MR) is 50.3 cm³/mol. The Hall–Kier alpha value is -0.610. The zero-order valence-electron chi connectivity index (χ0n) is 8.14. The molecule has 0 atom stereocenters. The van der Waals surface area contributed by atoms with Gasteiger partial charge in [-0.1, -0.05) is 0 Å². The van der Waals surface area contributed by atoms with Gasteiger partial charge in [-0.15, -0.1) is 0 Å². The molecule has 1 fully saturated rings. The highest BCUT2D eigenvalue weighted by molar-refractivity contribution is 5.70. The summed E-state index contributed by atoms with van der Waals surface area (Å²) in [6.45, 7) is 4.04. The number of nitrogens with one attached hydrogen (secondary N) is 1. The van der Waals surface area contributed by atoms with Crippen LogP contribution in [0, 0.1) is 0 Å². The molecule has 1 heterocycles. The van der Waals surface area contributed by atoms with Gasteiger partial charge in [0.2, 0.25) is 0 Å². The summed E-state index contributed by atoms with van der Waals surface area (Å²) in [6, 6.07) is 0. The molecule has 1 saturated heterocycles. The van der Waals surface area contributed by atoms with Crippen molar-refractivity contribution >= 4 is 5.97 Å². The number of hydrogen-bond acceptors (Lipinski definition) is 4. The number of carbonyl (C=O) groups is 1. The summed E-state index contributed by atoms with van der Waals surface area (Å²) < 4.78 is 4.87. The molecule has 4 heteroatoms. The zero-order chi connectivity index (χ0) is 9.73. The Balaban J connectivity index is 2.36. The fourth-order valence-corrected chi connectivity index (χ4v) is 1.60. The van der Waals surface area contributed by atoms with E-state index in [4.69, 9.17) is 10.5 Å². The number of ether oxygens (including phenoxy) is 1. The molecule has 0 aromatic heterocycles. The minimum atomic E-state index is -0.336. The van der Waals surface area contributed by atoms with Crippen LogP contribution in [-0.4, -0.2) is 31.2 Å². The fourth-order valence-electron chi connectivity index (χ4n) is 1.60. The van der Waals surface area contributed by atoms with Crippen molar-refractivity contribution in [2.24, 2.45) is 5.73 Å². The second-order valence-corrected chi connectivity index (χ2v) is 3.59. The first-order valence-corrected chi connectivity index (χ1v) is 4.81. The lowest BCUT2D eigenvalue weighted by molar-refractivity contribution is -0.144. The van der Waals surface area contributed by atoms with Gasteiger partial charge in [0, 0.05) is 5.54 Å². The first kappa shape index (κ1) is 10.5. The van der Waals surface area contributed by atoms with Crippen LogP contribution in [0.15, 0.2) is 0 Å². The third-order valence-electron chi connectivity index (χ3n) is 2.40. The Kier molecular flexibility index (Phi) is 3.69. The van der Waals surface area contributed by atoms with Crippen LogP contribution in [0.25, 0.3) is 0 Å². The van der Waals surface area contributed by atoms with E-state index in [1.54, 1.807) is 0 Å². The van der Waals surface area contributed by atoms with E-state index in [2.05, 4.69) is 5.32 Å². The number of hydrogen-bond donors (Lipinski definition) is 2. The first-order chi connectivity index (χ1) is 6.16. The lowest BCUT2D eigenvalue weighted by Gasteiger charge is -2.32. The molecule has 1 aliphatic rings. The standard InChI is InChI=1S/C9H18N2O2/c1-2-13-8(12)7-9(10)3-5-11-6-4-9/h11H,2-7,10H2,1H3. The summed E-state index contributed by atoms with van der Waals surface area (Å²) in [5, 5.41) is 3.21. The van der Waals surface area contributed by atoms with Crippen molar-refractivity contribution in [3.05, 3.63) is 0 Å². The smallest absolute Gasteiger partial charge is 0.307 e. The molecule has 13 heavy (non-hydrogen) atoms. The van der Waals surface area contributed by atoms with Gasteiger partial charge in [0.25, 0.3) is 0 Å². The van der Waals surface area contributed by atoms with E-state index in [0.717, 1.165) is 25.9 Å². The van der Waals surface area contributed by atoms with Gasteiger partial charge < -0.3 is 15.8 Å². The van der Waals surface area contributed by atoms with Crippen LogP contribution in [0.1, 0.15) is 26.2 Å². The molecule has 0 bridgehead atoms. The van der Waals surface area contributed by atoms with E-state index in [1.807, 2.05) is 6.92 Å². The number of rotatable bonds is 3. The van der Waals surface area contributed by atoms with Crippen molar-refractivity contribution in [3.63, 3.8) is 0 Å². The molecular weight excluding hydrogens is 168 g/mol. The quantitative estimate of drug-likeness (QED) is 0.610. The van der Waals surface area contributed by atoms with E-state index < -0.39 is 0 Å². The van der Waals surface area contributed by atoms with Crippen molar-refractivity contribution in [2.45, 2.75) is 31.7 Å². The predicted octanol–water partition coefficient (Wildman–Crippen LogP) is 0.0205. The molecule has 0 aliphatic carbocycles. The van der Waals surface area contributed by atoms with Crippen molar-refractivity contribution in [3.8, 4) is 0 Å². The SMILES string of the molecule is CCOC(=O)CC1(N)CCNCC1. The van der Waals surface area contributed by atoms with Crippen molar-refractivity contribution < 1.29 is 9.53 Å². The molecule has 0 radical (unpaired) electrons.